The Balaban J connectivity index is 2.00. The number of nitriles is 1. The molecule has 5 nitrogen and oxygen atoms in total. The molecule has 0 atom stereocenters. The molecule has 0 radical (unpaired) electrons. The number of hydrogen-bond acceptors (Lipinski definition) is 4. The Morgan fingerprint density at radius 1 is 1.50 bits per heavy atom. The van der Waals surface area contributed by atoms with Gasteiger partial charge in [-0.05, 0) is 31.4 Å². The molecule has 1 heterocycles. The Morgan fingerprint density at radius 2 is 2.25 bits per heavy atom. The lowest BCUT2D eigenvalue weighted by atomic mass is 10.2. The second kappa shape index (κ2) is 6.71. The average molecular weight is 270 g/mol. The van der Waals surface area contributed by atoms with E-state index in [1.165, 1.54) is 6.20 Å². The van der Waals surface area contributed by atoms with Crippen LogP contribution in [0, 0.1) is 18.3 Å². The molecule has 1 aromatic rings. The van der Waals surface area contributed by atoms with Crippen LogP contribution < -0.4 is 10.6 Å². The predicted octanol–water partition coefficient (Wildman–Crippen LogP) is 2.27. The number of hydrogen-bond donors (Lipinski definition) is 2. The van der Waals surface area contributed by atoms with Crippen molar-refractivity contribution in [2.45, 2.75) is 38.6 Å². The van der Waals surface area contributed by atoms with Crippen LogP contribution in [0.2, 0.25) is 0 Å². The molecular weight excluding hydrogens is 252 g/mol. The molecule has 0 unspecified atom stereocenters. The summed E-state index contributed by atoms with van der Waals surface area (Å²) in [5.74, 6) is 0.328. The molecule has 1 saturated carbocycles. The van der Waals surface area contributed by atoms with Crippen molar-refractivity contribution in [1.82, 2.24) is 10.3 Å². The first-order valence-electron chi connectivity index (χ1n) is 6.80. The topological polar surface area (TPSA) is 77.8 Å². The van der Waals surface area contributed by atoms with Crippen LogP contribution in [0.15, 0.2) is 30.1 Å². The fourth-order valence-electron chi connectivity index (χ4n) is 2.26. The van der Waals surface area contributed by atoms with Gasteiger partial charge in [0.1, 0.15) is 17.5 Å². The zero-order valence-corrected chi connectivity index (χ0v) is 11.5. The smallest absolute Gasteiger partial charge is 0.263 e. The summed E-state index contributed by atoms with van der Waals surface area (Å²) >= 11 is 0. The van der Waals surface area contributed by atoms with Gasteiger partial charge in [-0.25, -0.2) is 4.98 Å². The van der Waals surface area contributed by atoms with Crippen LogP contribution in [0.1, 0.15) is 31.2 Å². The second-order valence-corrected chi connectivity index (χ2v) is 4.94. The molecule has 5 heteroatoms. The zero-order valence-electron chi connectivity index (χ0n) is 11.5. The number of aromatic nitrogens is 1. The highest BCUT2D eigenvalue weighted by molar-refractivity contribution is 5.97. The van der Waals surface area contributed by atoms with E-state index in [0.717, 1.165) is 31.2 Å². The Hall–Kier alpha value is -2.35. The van der Waals surface area contributed by atoms with Gasteiger partial charge in [0.25, 0.3) is 5.91 Å². The Morgan fingerprint density at radius 3 is 2.90 bits per heavy atom. The van der Waals surface area contributed by atoms with Crippen LogP contribution in [-0.4, -0.2) is 16.9 Å². The second-order valence-electron chi connectivity index (χ2n) is 4.94. The van der Waals surface area contributed by atoms with Gasteiger partial charge in [-0.1, -0.05) is 18.9 Å². The summed E-state index contributed by atoms with van der Waals surface area (Å²) in [6.07, 6.45) is 7.35. The molecule has 0 aromatic carbocycles. The molecule has 0 spiro atoms. The quantitative estimate of drug-likeness (QED) is 0.650. The highest BCUT2D eigenvalue weighted by Crippen LogP contribution is 2.18. The van der Waals surface area contributed by atoms with Crippen molar-refractivity contribution in [1.29, 1.82) is 5.26 Å². The highest BCUT2D eigenvalue weighted by Gasteiger charge is 2.19. The van der Waals surface area contributed by atoms with Crippen LogP contribution in [-0.2, 0) is 4.79 Å². The van der Waals surface area contributed by atoms with Crippen molar-refractivity contribution in [3.8, 4) is 6.07 Å². The number of amides is 1. The van der Waals surface area contributed by atoms with E-state index in [-0.39, 0.29) is 17.5 Å². The van der Waals surface area contributed by atoms with Crippen LogP contribution in [0.25, 0.3) is 0 Å². The van der Waals surface area contributed by atoms with Gasteiger partial charge in [0, 0.05) is 18.4 Å². The molecule has 2 N–H and O–H groups in total. The molecule has 0 saturated heterocycles. The maximum Gasteiger partial charge on any atom is 0.263 e. The summed E-state index contributed by atoms with van der Waals surface area (Å²) in [7, 11) is 0. The monoisotopic (exact) mass is 270 g/mol. The van der Waals surface area contributed by atoms with Crippen LogP contribution in [0.3, 0.4) is 0 Å². The van der Waals surface area contributed by atoms with Gasteiger partial charge in [-0.2, -0.15) is 5.26 Å². The van der Waals surface area contributed by atoms with Crippen LogP contribution >= 0.6 is 0 Å². The number of rotatable bonds is 4. The van der Waals surface area contributed by atoms with Crippen molar-refractivity contribution in [3.63, 3.8) is 0 Å². The van der Waals surface area contributed by atoms with E-state index in [1.54, 1.807) is 6.20 Å². The van der Waals surface area contributed by atoms with Gasteiger partial charge < -0.3 is 10.6 Å². The van der Waals surface area contributed by atoms with Gasteiger partial charge in [0.05, 0.1) is 0 Å². The van der Waals surface area contributed by atoms with Crippen LogP contribution in [0.5, 0.6) is 0 Å². The lowest BCUT2D eigenvalue weighted by Crippen LogP contribution is -2.33. The first-order valence-corrected chi connectivity index (χ1v) is 6.80. The normalized spacial score (nSPS) is 15.7. The molecule has 1 amide bonds. The fourth-order valence-corrected chi connectivity index (χ4v) is 2.26. The molecule has 1 fully saturated rings. The summed E-state index contributed by atoms with van der Waals surface area (Å²) in [5, 5.41) is 14.9. The lowest BCUT2D eigenvalue weighted by Gasteiger charge is -2.11. The lowest BCUT2D eigenvalue weighted by molar-refractivity contribution is -0.117. The number of carbonyl (C=O) groups is 1. The Bertz CT molecular complexity index is 553. The maximum absolute atomic E-state index is 12.0. The van der Waals surface area contributed by atoms with E-state index in [9.17, 15) is 4.79 Å². The third-order valence-electron chi connectivity index (χ3n) is 3.42. The van der Waals surface area contributed by atoms with E-state index in [1.807, 2.05) is 25.1 Å². The first-order chi connectivity index (χ1) is 9.70. The first kappa shape index (κ1) is 14.1. The molecular formula is C15H18N4O. The number of carbonyl (C=O) groups excluding carboxylic acids is 1. The van der Waals surface area contributed by atoms with E-state index in [2.05, 4.69) is 15.6 Å². The minimum atomic E-state index is -0.319. The van der Waals surface area contributed by atoms with E-state index < -0.39 is 0 Å². The minimum absolute atomic E-state index is 0.0713. The van der Waals surface area contributed by atoms with Crippen molar-refractivity contribution in [3.05, 3.63) is 35.7 Å². The van der Waals surface area contributed by atoms with Crippen LogP contribution in [0.4, 0.5) is 5.82 Å². The largest absolute Gasteiger partial charge is 0.349 e. The Labute approximate surface area is 118 Å². The average Bonchev–Trinajstić information content (AvgIpc) is 2.94. The summed E-state index contributed by atoms with van der Waals surface area (Å²) in [6, 6.07) is 5.87. The molecule has 20 heavy (non-hydrogen) atoms. The number of nitrogens with zero attached hydrogens (tertiary/aromatic N) is 2. The fraction of sp³-hybridized carbons (Fsp3) is 0.400. The summed E-state index contributed by atoms with van der Waals surface area (Å²) in [4.78, 5) is 16.1. The molecule has 2 rings (SSSR count). The van der Waals surface area contributed by atoms with Crippen molar-refractivity contribution in [2.75, 3.05) is 5.32 Å². The van der Waals surface area contributed by atoms with Gasteiger partial charge >= 0.3 is 0 Å². The minimum Gasteiger partial charge on any atom is -0.349 e. The van der Waals surface area contributed by atoms with Crippen molar-refractivity contribution < 1.29 is 4.79 Å². The van der Waals surface area contributed by atoms with E-state index in [0.29, 0.717) is 5.82 Å². The van der Waals surface area contributed by atoms with Gasteiger partial charge in [0.2, 0.25) is 0 Å². The number of aryl methyl sites for hydroxylation is 1. The molecule has 0 bridgehead atoms. The molecule has 1 aliphatic carbocycles. The highest BCUT2D eigenvalue weighted by atomic mass is 16.1. The van der Waals surface area contributed by atoms with E-state index in [4.69, 9.17) is 5.26 Å². The van der Waals surface area contributed by atoms with Gasteiger partial charge in [-0.15, -0.1) is 0 Å². The van der Waals surface area contributed by atoms with Gasteiger partial charge in [-0.3, -0.25) is 4.79 Å². The summed E-state index contributed by atoms with van der Waals surface area (Å²) < 4.78 is 0. The van der Waals surface area contributed by atoms with Crippen molar-refractivity contribution >= 4 is 11.7 Å². The summed E-state index contributed by atoms with van der Waals surface area (Å²) in [6.45, 7) is 1.91. The third kappa shape index (κ3) is 3.58. The Kier molecular flexibility index (Phi) is 4.72. The number of nitrogens with one attached hydrogen (secondary N) is 2. The SMILES string of the molecule is Cc1cccnc1N/C=C(/C#N)C(=O)NC1CCCC1. The maximum atomic E-state index is 12.0. The number of anilines is 1. The van der Waals surface area contributed by atoms with Crippen molar-refractivity contribution in [2.24, 2.45) is 0 Å². The third-order valence-corrected chi connectivity index (χ3v) is 3.42. The predicted molar refractivity (Wildman–Crippen MR) is 76.7 cm³/mol. The molecule has 104 valence electrons. The molecule has 0 aliphatic heterocycles. The van der Waals surface area contributed by atoms with Gasteiger partial charge in [0.15, 0.2) is 0 Å². The summed E-state index contributed by atoms with van der Waals surface area (Å²) in [5.41, 5.74) is 1.03. The molecule has 1 aromatic heterocycles. The number of pyridine rings is 1. The zero-order chi connectivity index (χ0) is 14.4. The standard InChI is InChI=1S/C15H18N4O/c1-11-5-4-8-17-14(11)18-10-12(9-16)15(20)19-13-6-2-3-7-13/h4-5,8,10,13H,2-3,6-7H2,1H3,(H,17,18)(H,19,20)/b12-10-. The van der Waals surface area contributed by atoms with E-state index >= 15 is 0 Å². The molecule has 1 aliphatic rings.